The predicted octanol–water partition coefficient (Wildman–Crippen LogP) is 7.92. The zero-order valence-corrected chi connectivity index (χ0v) is 23.9. The number of benzene rings is 4. The summed E-state index contributed by atoms with van der Waals surface area (Å²) in [6.07, 6.45) is -3.16. The molecule has 0 amide bonds. The van der Waals surface area contributed by atoms with Gasteiger partial charge in [-0.05, 0) is 54.1 Å². The highest BCUT2D eigenvalue weighted by molar-refractivity contribution is 6.42. The van der Waals surface area contributed by atoms with E-state index in [1.165, 1.54) is 18.3 Å². The van der Waals surface area contributed by atoms with E-state index in [0.29, 0.717) is 26.9 Å². The number of nitrogens with zero attached hydrogens (tertiary/aromatic N) is 4. The van der Waals surface area contributed by atoms with Crippen molar-refractivity contribution in [3.8, 4) is 17.1 Å². The van der Waals surface area contributed by atoms with Crippen LogP contribution in [-0.4, -0.2) is 30.0 Å². The summed E-state index contributed by atoms with van der Waals surface area (Å²) in [5.74, 6) is 0.419. The third kappa shape index (κ3) is 6.27. The molecule has 0 bridgehead atoms. The quantitative estimate of drug-likeness (QED) is 0.176. The highest BCUT2D eigenvalue weighted by atomic mass is 35.5. The van der Waals surface area contributed by atoms with Gasteiger partial charge in [-0.1, -0.05) is 53.5 Å². The van der Waals surface area contributed by atoms with Crippen molar-refractivity contribution in [1.29, 1.82) is 0 Å². The molecule has 0 aliphatic heterocycles. The molecule has 0 saturated heterocycles. The number of para-hydroxylation sites is 1. The maximum atomic E-state index is 13.5. The van der Waals surface area contributed by atoms with Crippen LogP contribution in [-0.2, 0) is 12.8 Å². The standard InChI is InChI=1S/C31H23Cl2F3N4O2/c1-39(2)23-12-11-21(28(16-23)42-18-19-10-13-25(32)26(33)14-19)17-37-40-29(20-6-5-7-22(15-20)31(34,35)36)38-27-9-4-3-8-24(27)30(40)41/h3-17H,18H2,1-2H3. The van der Waals surface area contributed by atoms with E-state index in [1.54, 1.807) is 48.5 Å². The first-order valence-electron chi connectivity index (χ1n) is 12.6. The van der Waals surface area contributed by atoms with Crippen LogP contribution in [0.5, 0.6) is 5.75 Å². The minimum atomic E-state index is -4.57. The topological polar surface area (TPSA) is 59.7 Å². The summed E-state index contributed by atoms with van der Waals surface area (Å²) in [4.78, 5) is 20.0. The number of anilines is 1. The Morgan fingerprint density at radius 1 is 0.952 bits per heavy atom. The molecular formula is C31H23Cl2F3N4O2. The molecule has 0 aliphatic rings. The smallest absolute Gasteiger partial charge is 0.416 e. The summed E-state index contributed by atoms with van der Waals surface area (Å²) in [5.41, 5.74) is 1.18. The lowest BCUT2D eigenvalue weighted by Gasteiger charge is -2.16. The molecule has 1 aromatic heterocycles. The van der Waals surface area contributed by atoms with Gasteiger partial charge in [-0.3, -0.25) is 4.79 Å². The number of halogens is 5. The van der Waals surface area contributed by atoms with Crippen molar-refractivity contribution in [2.75, 3.05) is 19.0 Å². The van der Waals surface area contributed by atoms with E-state index in [2.05, 4.69) is 10.1 Å². The SMILES string of the molecule is CN(C)c1ccc(C=Nn2c(-c3cccc(C(F)(F)F)c3)nc3ccccc3c2=O)c(OCc2ccc(Cl)c(Cl)c2)c1. The van der Waals surface area contributed by atoms with Gasteiger partial charge in [0.25, 0.3) is 5.56 Å². The highest BCUT2D eigenvalue weighted by Gasteiger charge is 2.31. The van der Waals surface area contributed by atoms with E-state index in [9.17, 15) is 18.0 Å². The number of ether oxygens (including phenoxy) is 1. The van der Waals surface area contributed by atoms with Crippen molar-refractivity contribution in [2.45, 2.75) is 12.8 Å². The van der Waals surface area contributed by atoms with E-state index in [4.69, 9.17) is 27.9 Å². The summed E-state index contributed by atoms with van der Waals surface area (Å²) >= 11 is 12.2. The second-order valence-electron chi connectivity index (χ2n) is 9.55. The Morgan fingerprint density at radius 2 is 1.74 bits per heavy atom. The van der Waals surface area contributed by atoms with Crippen molar-refractivity contribution in [3.05, 3.63) is 122 Å². The minimum Gasteiger partial charge on any atom is -0.488 e. The molecule has 214 valence electrons. The lowest BCUT2D eigenvalue weighted by atomic mass is 10.1. The van der Waals surface area contributed by atoms with Crippen LogP contribution in [0.2, 0.25) is 10.0 Å². The molecule has 6 nitrogen and oxygen atoms in total. The fraction of sp³-hybridized carbons (Fsp3) is 0.129. The van der Waals surface area contributed by atoms with Gasteiger partial charge in [0, 0.05) is 37.0 Å². The zero-order chi connectivity index (χ0) is 30.0. The Bertz CT molecular complexity index is 1870. The van der Waals surface area contributed by atoms with Gasteiger partial charge in [-0.2, -0.15) is 22.9 Å². The number of hydrogen-bond donors (Lipinski definition) is 0. The molecule has 0 spiro atoms. The molecule has 0 aliphatic carbocycles. The fourth-order valence-electron chi connectivity index (χ4n) is 4.20. The fourth-order valence-corrected chi connectivity index (χ4v) is 4.52. The molecule has 5 rings (SSSR count). The first kappa shape index (κ1) is 29.2. The number of aromatic nitrogens is 2. The molecule has 1 heterocycles. The lowest BCUT2D eigenvalue weighted by molar-refractivity contribution is -0.137. The maximum Gasteiger partial charge on any atom is 0.416 e. The van der Waals surface area contributed by atoms with Gasteiger partial charge in [0.05, 0.1) is 32.7 Å². The van der Waals surface area contributed by atoms with Crippen molar-refractivity contribution in [3.63, 3.8) is 0 Å². The Balaban J connectivity index is 1.60. The Kier molecular flexibility index (Phi) is 8.24. The molecule has 11 heteroatoms. The number of rotatable bonds is 7. The van der Waals surface area contributed by atoms with Crippen LogP contribution < -0.4 is 15.2 Å². The molecule has 0 N–H and O–H groups in total. The summed E-state index contributed by atoms with van der Waals surface area (Å²) in [5, 5.41) is 5.50. The van der Waals surface area contributed by atoms with Gasteiger partial charge in [0.1, 0.15) is 12.4 Å². The average Bonchev–Trinajstić information content (AvgIpc) is 2.97. The third-order valence-electron chi connectivity index (χ3n) is 6.41. The van der Waals surface area contributed by atoms with Crippen LogP contribution in [0, 0.1) is 0 Å². The van der Waals surface area contributed by atoms with Gasteiger partial charge in [-0.15, -0.1) is 0 Å². The summed E-state index contributed by atoms with van der Waals surface area (Å²) in [6, 6.07) is 21.8. The third-order valence-corrected chi connectivity index (χ3v) is 7.15. The molecule has 42 heavy (non-hydrogen) atoms. The molecule has 5 aromatic rings. The second-order valence-corrected chi connectivity index (χ2v) is 10.4. The summed E-state index contributed by atoms with van der Waals surface area (Å²) in [6.45, 7) is 0.168. The first-order chi connectivity index (χ1) is 20.0. The Morgan fingerprint density at radius 3 is 2.48 bits per heavy atom. The Labute approximate surface area is 249 Å². The maximum absolute atomic E-state index is 13.5. The summed E-state index contributed by atoms with van der Waals surface area (Å²) < 4.78 is 47.6. The zero-order valence-electron chi connectivity index (χ0n) is 22.4. The number of fused-ring (bicyclic) bond motifs is 1. The Hall–Kier alpha value is -4.34. The largest absolute Gasteiger partial charge is 0.488 e. The average molecular weight is 611 g/mol. The van der Waals surface area contributed by atoms with Crippen LogP contribution in [0.4, 0.5) is 18.9 Å². The van der Waals surface area contributed by atoms with Crippen LogP contribution >= 0.6 is 23.2 Å². The van der Waals surface area contributed by atoms with Gasteiger partial charge >= 0.3 is 6.18 Å². The molecule has 4 aromatic carbocycles. The van der Waals surface area contributed by atoms with Crippen molar-refractivity contribution in [2.24, 2.45) is 5.10 Å². The molecule has 0 atom stereocenters. The molecule has 0 unspecified atom stereocenters. The van der Waals surface area contributed by atoms with Crippen LogP contribution in [0.15, 0.2) is 94.8 Å². The molecular weight excluding hydrogens is 588 g/mol. The van der Waals surface area contributed by atoms with Gasteiger partial charge in [0.2, 0.25) is 0 Å². The van der Waals surface area contributed by atoms with E-state index in [1.807, 2.05) is 31.1 Å². The van der Waals surface area contributed by atoms with E-state index in [0.717, 1.165) is 28.1 Å². The van der Waals surface area contributed by atoms with E-state index in [-0.39, 0.29) is 23.4 Å². The van der Waals surface area contributed by atoms with Gasteiger partial charge in [0.15, 0.2) is 5.82 Å². The number of hydrogen-bond acceptors (Lipinski definition) is 5. The molecule has 0 radical (unpaired) electrons. The minimum absolute atomic E-state index is 0.0377. The monoisotopic (exact) mass is 610 g/mol. The lowest BCUT2D eigenvalue weighted by Crippen LogP contribution is -2.20. The number of alkyl halides is 3. The first-order valence-corrected chi connectivity index (χ1v) is 13.4. The van der Waals surface area contributed by atoms with Crippen LogP contribution in [0.1, 0.15) is 16.7 Å². The van der Waals surface area contributed by atoms with Gasteiger partial charge in [-0.25, -0.2) is 4.98 Å². The normalized spacial score (nSPS) is 11.8. The second kappa shape index (κ2) is 11.9. The highest BCUT2D eigenvalue weighted by Crippen LogP contribution is 2.32. The predicted molar refractivity (Wildman–Crippen MR) is 161 cm³/mol. The van der Waals surface area contributed by atoms with Crippen LogP contribution in [0.25, 0.3) is 22.3 Å². The van der Waals surface area contributed by atoms with Gasteiger partial charge < -0.3 is 9.64 Å². The molecule has 0 fully saturated rings. The van der Waals surface area contributed by atoms with E-state index < -0.39 is 17.3 Å². The van der Waals surface area contributed by atoms with E-state index >= 15 is 0 Å². The molecule has 0 saturated carbocycles. The summed E-state index contributed by atoms with van der Waals surface area (Å²) in [7, 11) is 3.76. The van der Waals surface area contributed by atoms with Crippen molar-refractivity contribution in [1.82, 2.24) is 9.66 Å². The van der Waals surface area contributed by atoms with Crippen molar-refractivity contribution >= 4 is 46.0 Å². The van der Waals surface area contributed by atoms with Crippen molar-refractivity contribution < 1.29 is 17.9 Å². The van der Waals surface area contributed by atoms with Crippen LogP contribution in [0.3, 0.4) is 0 Å².